The number of nitrogens with zero attached hydrogens (tertiary/aromatic N) is 3. The first-order valence-electron chi connectivity index (χ1n) is 22.6. The molecule has 4 aromatic rings. The predicted octanol–water partition coefficient (Wildman–Crippen LogP) is 13.1. The van der Waals surface area contributed by atoms with Crippen molar-refractivity contribution in [1.82, 2.24) is 5.32 Å². The molecule has 1 saturated heterocycles. The molecular weight excluding hydrogens is 745 g/mol. The van der Waals surface area contributed by atoms with E-state index in [4.69, 9.17) is 0 Å². The van der Waals surface area contributed by atoms with E-state index in [0.717, 1.165) is 74.2 Å². The zero-order chi connectivity index (χ0) is 42.3. The minimum Gasteiger partial charge on any atom is -0.306 e. The van der Waals surface area contributed by atoms with Crippen LogP contribution in [0.5, 0.6) is 0 Å². The van der Waals surface area contributed by atoms with Crippen molar-refractivity contribution in [2.75, 3.05) is 18.2 Å². The van der Waals surface area contributed by atoms with Crippen LogP contribution in [-0.4, -0.2) is 24.3 Å². The van der Waals surface area contributed by atoms with E-state index < -0.39 is 0 Å². The van der Waals surface area contributed by atoms with Crippen LogP contribution in [0.25, 0.3) is 17.2 Å². The van der Waals surface area contributed by atoms with Gasteiger partial charge in [0.2, 0.25) is 0 Å². The van der Waals surface area contributed by atoms with Gasteiger partial charge in [-0.15, -0.1) is 0 Å². The molecule has 2 N–H and O–H groups in total. The lowest BCUT2D eigenvalue weighted by molar-refractivity contribution is 0.203. The molecule has 3 unspecified atom stereocenters. The summed E-state index contributed by atoms with van der Waals surface area (Å²) in [7, 11) is 0. The summed E-state index contributed by atoms with van der Waals surface area (Å²) >= 11 is 0. The highest BCUT2D eigenvalue weighted by Gasteiger charge is 2.44. The van der Waals surface area contributed by atoms with Gasteiger partial charge in [0.25, 0.3) is 0 Å². The van der Waals surface area contributed by atoms with Crippen molar-refractivity contribution in [3.8, 4) is 23.3 Å². The van der Waals surface area contributed by atoms with Crippen LogP contribution in [0.2, 0.25) is 0 Å². The molecule has 5 nitrogen and oxygen atoms in total. The molecule has 3 fully saturated rings. The Morgan fingerprint density at radius 2 is 1.59 bits per heavy atom. The third-order valence-corrected chi connectivity index (χ3v) is 14.1. The van der Waals surface area contributed by atoms with Crippen LogP contribution in [0, 0.1) is 34.5 Å². The minimum absolute atomic E-state index is 0.0268. The van der Waals surface area contributed by atoms with Crippen molar-refractivity contribution in [3.63, 3.8) is 0 Å². The molecule has 0 radical (unpaired) electrons. The van der Waals surface area contributed by atoms with Gasteiger partial charge in [0.05, 0.1) is 35.0 Å². The van der Waals surface area contributed by atoms with Gasteiger partial charge in [-0.05, 0) is 132 Å². The Balaban J connectivity index is 1.04. The number of hydrogen-bond donors (Lipinski definition) is 2. The molecule has 1 aliphatic heterocycles. The smallest absolute Gasteiger partial charge is 0.0994 e. The standard InChI is InChI=1S/C56H60N4O/c1-39(44-11-6-4-7-12-44)33-48-35-51(60(61)32-31-41-17-18-41)29-26-47(48)23-21-42-19-20-43(34-42)22-30-54(52(36-57)40(2)53(37-58)55-38-59-55)56(3,49-15-10-16-49)50-27-24-46(25-28-50)45-13-8-5-9-14-45/h4-9,11-14,19-21,23-29,35,39,41,49,55,59,61H,10,15-18,22,30-34,38H2,1-3H3/b23-21+,53-40+,54-52-. The average molecular weight is 805 g/mol. The van der Waals surface area contributed by atoms with Gasteiger partial charge in [-0.3, -0.25) is 10.3 Å². The van der Waals surface area contributed by atoms with Crippen molar-refractivity contribution in [2.45, 2.75) is 102 Å². The van der Waals surface area contributed by atoms with E-state index in [9.17, 15) is 15.7 Å². The molecule has 310 valence electrons. The first-order valence-corrected chi connectivity index (χ1v) is 22.6. The highest BCUT2D eigenvalue weighted by molar-refractivity contribution is 5.65. The average Bonchev–Trinajstić information content (AvgIpc) is 4.23. The van der Waals surface area contributed by atoms with Crippen LogP contribution < -0.4 is 10.4 Å². The van der Waals surface area contributed by atoms with Crippen LogP contribution in [0.15, 0.2) is 155 Å². The molecule has 3 atom stereocenters. The number of rotatable bonds is 18. The summed E-state index contributed by atoms with van der Waals surface area (Å²) in [5.74, 6) is 1.51. The molecule has 2 saturated carbocycles. The van der Waals surface area contributed by atoms with Gasteiger partial charge in [-0.25, -0.2) is 0 Å². The molecule has 4 aliphatic rings. The lowest BCUT2D eigenvalue weighted by Crippen LogP contribution is -2.39. The molecule has 3 aliphatic carbocycles. The van der Waals surface area contributed by atoms with E-state index in [2.05, 4.69) is 153 Å². The number of hydroxylamine groups is 1. The molecule has 0 amide bonds. The van der Waals surface area contributed by atoms with Crippen LogP contribution in [-0.2, 0) is 11.8 Å². The lowest BCUT2D eigenvalue weighted by Gasteiger charge is -2.46. The maximum Gasteiger partial charge on any atom is 0.0994 e. The Hall–Kier alpha value is -5.72. The molecule has 8 rings (SSSR count). The van der Waals surface area contributed by atoms with E-state index in [1.54, 1.807) is 0 Å². The van der Waals surface area contributed by atoms with Gasteiger partial charge in [0.15, 0.2) is 0 Å². The van der Waals surface area contributed by atoms with Gasteiger partial charge in [-0.1, -0.05) is 154 Å². The van der Waals surface area contributed by atoms with E-state index in [1.807, 2.05) is 13.0 Å². The first kappa shape index (κ1) is 42.0. The van der Waals surface area contributed by atoms with Gasteiger partial charge in [-0.2, -0.15) is 10.5 Å². The quantitative estimate of drug-likeness (QED) is 0.0452. The normalized spacial score (nSPS) is 19.7. The third-order valence-electron chi connectivity index (χ3n) is 14.1. The second-order valence-electron chi connectivity index (χ2n) is 18.2. The summed E-state index contributed by atoms with van der Waals surface area (Å²) in [4.78, 5) is 0. The van der Waals surface area contributed by atoms with Crippen LogP contribution in [0.1, 0.15) is 107 Å². The second-order valence-corrected chi connectivity index (χ2v) is 18.2. The molecule has 0 bridgehead atoms. The summed E-state index contributed by atoms with van der Waals surface area (Å²) in [6.07, 6.45) is 19.4. The topological polar surface area (TPSA) is 93.0 Å². The van der Waals surface area contributed by atoms with Crippen LogP contribution in [0.3, 0.4) is 0 Å². The highest BCUT2D eigenvalue weighted by Crippen LogP contribution is 2.52. The van der Waals surface area contributed by atoms with E-state index in [-0.39, 0.29) is 11.5 Å². The Morgan fingerprint density at radius 3 is 2.23 bits per heavy atom. The summed E-state index contributed by atoms with van der Waals surface area (Å²) in [5.41, 5.74) is 13.8. The summed E-state index contributed by atoms with van der Waals surface area (Å²) in [6.45, 7) is 8.09. The summed E-state index contributed by atoms with van der Waals surface area (Å²) < 4.78 is 0. The number of benzene rings is 4. The molecule has 61 heavy (non-hydrogen) atoms. The van der Waals surface area contributed by atoms with Crippen LogP contribution in [0.4, 0.5) is 5.69 Å². The SMILES string of the molecule is CC(=C(/C#N)C1CN1)/C(C#N)=C(/CCC1=CC=C(/C=C/c2ccc(N(O)CCC3CC3)cc2CC(C)c2ccccc2)C1)C(C)(c1ccc(-c2ccccc2)cc1)C1CCC1. The van der Waals surface area contributed by atoms with Gasteiger partial charge >= 0.3 is 0 Å². The Morgan fingerprint density at radius 1 is 0.885 bits per heavy atom. The summed E-state index contributed by atoms with van der Waals surface area (Å²) in [5, 5.41) is 37.1. The first-order chi connectivity index (χ1) is 29.7. The number of hydrogen-bond acceptors (Lipinski definition) is 5. The molecule has 0 spiro atoms. The molecular formula is C56H60N4O. The molecule has 4 aromatic carbocycles. The number of anilines is 1. The maximum atomic E-state index is 11.0. The fraction of sp³-hybridized carbons (Fsp3) is 0.357. The third kappa shape index (κ3) is 9.76. The van der Waals surface area contributed by atoms with E-state index >= 15 is 0 Å². The highest BCUT2D eigenvalue weighted by atomic mass is 16.5. The second kappa shape index (κ2) is 18.9. The molecule has 0 aromatic heterocycles. The number of allylic oxidation sites excluding steroid dienone is 8. The zero-order valence-corrected chi connectivity index (χ0v) is 36.2. The van der Waals surface area contributed by atoms with Crippen molar-refractivity contribution < 1.29 is 5.21 Å². The molecule has 5 heteroatoms. The predicted molar refractivity (Wildman–Crippen MR) is 250 cm³/mol. The van der Waals surface area contributed by atoms with Crippen molar-refractivity contribution in [3.05, 3.63) is 177 Å². The minimum atomic E-state index is -0.353. The number of nitrogens with one attached hydrogen (secondary N) is 1. The largest absolute Gasteiger partial charge is 0.306 e. The Kier molecular flexibility index (Phi) is 13.0. The van der Waals surface area contributed by atoms with Gasteiger partial charge in [0, 0.05) is 18.5 Å². The van der Waals surface area contributed by atoms with Crippen LogP contribution >= 0.6 is 0 Å². The lowest BCUT2D eigenvalue weighted by atomic mass is 9.57. The van der Waals surface area contributed by atoms with E-state index in [1.165, 1.54) is 68.9 Å². The monoisotopic (exact) mass is 804 g/mol. The zero-order valence-electron chi connectivity index (χ0n) is 36.2. The van der Waals surface area contributed by atoms with Crippen molar-refractivity contribution in [1.29, 1.82) is 10.5 Å². The number of nitriles is 2. The maximum absolute atomic E-state index is 11.0. The van der Waals surface area contributed by atoms with E-state index in [0.29, 0.717) is 29.5 Å². The van der Waals surface area contributed by atoms with Gasteiger partial charge < -0.3 is 5.32 Å². The van der Waals surface area contributed by atoms with Gasteiger partial charge in [0.1, 0.15) is 0 Å². The fourth-order valence-electron chi connectivity index (χ4n) is 9.66. The van der Waals surface area contributed by atoms with Crippen molar-refractivity contribution >= 4 is 11.8 Å². The summed E-state index contributed by atoms with van der Waals surface area (Å²) in [6, 6.07) is 41.8. The Labute approximate surface area is 364 Å². The van der Waals surface area contributed by atoms with Crippen molar-refractivity contribution in [2.24, 2.45) is 11.8 Å². The molecule has 1 heterocycles. The Bertz CT molecular complexity index is 2430. The fourth-order valence-corrected chi connectivity index (χ4v) is 9.66.